The summed E-state index contributed by atoms with van der Waals surface area (Å²) < 4.78 is 5.40. The lowest BCUT2D eigenvalue weighted by Gasteiger charge is -2.25. The summed E-state index contributed by atoms with van der Waals surface area (Å²) in [5.41, 5.74) is -0.388. The Kier molecular flexibility index (Phi) is 1.82. The van der Waals surface area contributed by atoms with E-state index in [9.17, 15) is 0 Å². The van der Waals surface area contributed by atoms with E-state index < -0.39 is 0 Å². The minimum Gasteiger partial charge on any atom is -0.375 e. The van der Waals surface area contributed by atoms with Gasteiger partial charge >= 0.3 is 0 Å². The molecular formula is C9H14N2O. The fourth-order valence-electron chi connectivity index (χ4n) is 1.70. The van der Waals surface area contributed by atoms with Gasteiger partial charge < -0.3 is 4.74 Å². The van der Waals surface area contributed by atoms with Crippen molar-refractivity contribution in [3.05, 3.63) is 0 Å². The Labute approximate surface area is 72.7 Å². The van der Waals surface area contributed by atoms with Crippen molar-refractivity contribution in [3.63, 3.8) is 0 Å². The molecule has 0 aromatic rings. The molecule has 2 atom stereocenters. The fraction of sp³-hybridized carbons (Fsp3) is 0.889. The largest absolute Gasteiger partial charge is 0.375 e. The molecule has 2 aliphatic rings. The van der Waals surface area contributed by atoms with E-state index in [1.54, 1.807) is 0 Å². The average molecular weight is 166 g/mol. The number of ether oxygens (including phenoxy) is 1. The van der Waals surface area contributed by atoms with Gasteiger partial charge in [-0.2, -0.15) is 5.26 Å². The van der Waals surface area contributed by atoms with Crippen LogP contribution in [0.25, 0.3) is 0 Å². The molecular weight excluding hydrogens is 152 g/mol. The summed E-state index contributed by atoms with van der Waals surface area (Å²) in [4.78, 5) is 0. The van der Waals surface area contributed by atoms with Crippen molar-refractivity contribution in [1.29, 1.82) is 5.26 Å². The average Bonchev–Trinajstić information content (AvgIpc) is 2.79. The van der Waals surface area contributed by atoms with Gasteiger partial charge in [0, 0.05) is 19.1 Å². The van der Waals surface area contributed by atoms with Gasteiger partial charge in [0.1, 0.15) is 5.54 Å². The van der Waals surface area contributed by atoms with Gasteiger partial charge in [-0.15, -0.1) is 0 Å². The van der Waals surface area contributed by atoms with E-state index >= 15 is 0 Å². The summed E-state index contributed by atoms with van der Waals surface area (Å²) in [5.74, 6) is 0. The first kappa shape index (κ1) is 8.03. The van der Waals surface area contributed by atoms with Crippen LogP contribution in [0.5, 0.6) is 0 Å². The minimum absolute atomic E-state index is 0.0445. The number of nitriles is 1. The Hall–Kier alpha value is -0.590. The van der Waals surface area contributed by atoms with Crippen molar-refractivity contribution in [2.24, 2.45) is 0 Å². The molecule has 0 amide bonds. The molecule has 1 saturated carbocycles. The van der Waals surface area contributed by atoms with E-state index in [-0.39, 0.29) is 11.6 Å². The Bertz CT molecular complexity index is 219. The van der Waals surface area contributed by atoms with Gasteiger partial charge in [-0.3, -0.25) is 5.32 Å². The second kappa shape index (κ2) is 2.72. The number of hydrogen-bond donors (Lipinski definition) is 1. The zero-order chi connectivity index (χ0) is 8.60. The summed E-state index contributed by atoms with van der Waals surface area (Å²) in [5, 5.41) is 12.5. The predicted molar refractivity (Wildman–Crippen MR) is 44.5 cm³/mol. The minimum atomic E-state index is -0.388. The van der Waals surface area contributed by atoms with Crippen LogP contribution < -0.4 is 5.32 Å². The lowest BCUT2D eigenvalue weighted by atomic mass is 9.94. The highest BCUT2D eigenvalue weighted by Crippen LogP contribution is 2.30. The molecule has 1 heterocycles. The van der Waals surface area contributed by atoms with E-state index in [2.05, 4.69) is 11.4 Å². The SMILES string of the molecule is CC1OCCC1(C#N)NC1CC1. The van der Waals surface area contributed by atoms with E-state index in [0.29, 0.717) is 12.6 Å². The Morgan fingerprint density at radius 1 is 1.58 bits per heavy atom. The molecule has 2 rings (SSSR count). The molecule has 0 aromatic carbocycles. The van der Waals surface area contributed by atoms with Crippen molar-refractivity contribution in [3.8, 4) is 6.07 Å². The van der Waals surface area contributed by atoms with Crippen LogP contribution in [0.3, 0.4) is 0 Å². The highest BCUT2D eigenvalue weighted by atomic mass is 16.5. The molecule has 1 saturated heterocycles. The van der Waals surface area contributed by atoms with Crippen LogP contribution in [0.4, 0.5) is 0 Å². The zero-order valence-electron chi connectivity index (χ0n) is 7.34. The molecule has 66 valence electrons. The summed E-state index contributed by atoms with van der Waals surface area (Å²) >= 11 is 0. The van der Waals surface area contributed by atoms with Crippen LogP contribution in [0, 0.1) is 11.3 Å². The maximum Gasteiger partial charge on any atom is 0.135 e. The van der Waals surface area contributed by atoms with Crippen LogP contribution in [-0.4, -0.2) is 24.3 Å². The van der Waals surface area contributed by atoms with Gasteiger partial charge in [0.25, 0.3) is 0 Å². The molecule has 1 aliphatic heterocycles. The molecule has 0 radical (unpaired) electrons. The van der Waals surface area contributed by atoms with Gasteiger partial charge in [-0.05, 0) is 19.8 Å². The van der Waals surface area contributed by atoms with Gasteiger partial charge in [0.2, 0.25) is 0 Å². The normalized spacial score (nSPS) is 41.2. The monoisotopic (exact) mass is 166 g/mol. The van der Waals surface area contributed by atoms with Crippen LogP contribution in [0.2, 0.25) is 0 Å². The van der Waals surface area contributed by atoms with Crippen molar-refractivity contribution in [2.45, 2.75) is 43.9 Å². The van der Waals surface area contributed by atoms with Crippen LogP contribution in [0.1, 0.15) is 26.2 Å². The van der Waals surface area contributed by atoms with Crippen molar-refractivity contribution >= 4 is 0 Å². The lowest BCUT2D eigenvalue weighted by molar-refractivity contribution is 0.0983. The third-order valence-corrected chi connectivity index (χ3v) is 2.80. The topological polar surface area (TPSA) is 45.0 Å². The molecule has 0 bridgehead atoms. The summed E-state index contributed by atoms with van der Waals surface area (Å²) in [6, 6.07) is 2.94. The van der Waals surface area contributed by atoms with Crippen LogP contribution in [-0.2, 0) is 4.74 Å². The van der Waals surface area contributed by atoms with Crippen molar-refractivity contribution < 1.29 is 4.74 Å². The zero-order valence-corrected chi connectivity index (χ0v) is 7.34. The highest BCUT2D eigenvalue weighted by Gasteiger charge is 2.45. The Morgan fingerprint density at radius 3 is 2.75 bits per heavy atom. The first-order chi connectivity index (χ1) is 5.77. The molecule has 2 unspecified atom stereocenters. The number of hydrogen-bond acceptors (Lipinski definition) is 3. The molecule has 0 aromatic heterocycles. The molecule has 3 nitrogen and oxygen atoms in total. The maximum absolute atomic E-state index is 9.07. The summed E-state index contributed by atoms with van der Waals surface area (Å²) in [6.07, 6.45) is 3.32. The van der Waals surface area contributed by atoms with E-state index in [1.165, 1.54) is 12.8 Å². The second-order valence-corrected chi connectivity index (χ2v) is 3.76. The van der Waals surface area contributed by atoms with E-state index in [0.717, 1.165) is 6.42 Å². The first-order valence-electron chi connectivity index (χ1n) is 4.57. The van der Waals surface area contributed by atoms with Gasteiger partial charge in [-0.1, -0.05) is 0 Å². The quantitative estimate of drug-likeness (QED) is 0.660. The smallest absolute Gasteiger partial charge is 0.135 e. The van der Waals surface area contributed by atoms with Crippen molar-refractivity contribution in [1.82, 2.24) is 5.32 Å². The van der Waals surface area contributed by atoms with Crippen LogP contribution >= 0.6 is 0 Å². The Balaban J connectivity index is 2.06. The number of nitrogens with one attached hydrogen (secondary N) is 1. The Morgan fingerprint density at radius 2 is 2.33 bits per heavy atom. The molecule has 1 N–H and O–H groups in total. The van der Waals surface area contributed by atoms with E-state index in [4.69, 9.17) is 10.00 Å². The first-order valence-corrected chi connectivity index (χ1v) is 4.57. The molecule has 3 heteroatoms. The lowest BCUT2D eigenvalue weighted by Crippen LogP contribution is -2.50. The third kappa shape index (κ3) is 1.21. The number of nitrogens with zero attached hydrogens (tertiary/aromatic N) is 1. The maximum atomic E-state index is 9.07. The van der Waals surface area contributed by atoms with E-state index in [1.807, 2.05) is 6.92 Å². The van der Waals surface area contributed by atoms with Gasteiger partial charge in [0.15, 0.2) is 0 Å². The van der Waals surface area contributed by atoms with Crippen molar-refractivity contribution in [2.75, 3.05) is 6.61 Å². The third-order valence-electron chi connectivity index (χ3n) is 2.80. The predicted octanol–water partition coefficient (Wildman–Crippen LogP) is 0.810. The standard InChI is InChI=1S/C9H14N2O/c1-7-9(6-10,4-5-12-7)11-8-2-3-8/h7-8,11H,2-5H2,1H3. The highest BCUT2D eigenvalue weighted by molar-refractivity contribution is 5.15. The molecule has 12 heavy (non-hydrogen) atoms. The van der Waals surface area contributed by atoms with Gasteiger partial charge in [-0.25, -0.2) is 0 Å². The molecule has 0 spiro atoms. The second-order valence-electron chi connectivity index (χ2n) is 3.76. The molecule has 2 fully saturated rings. The summed E-state index contributed by atoms with van der Waals surface area (Å²) in [6.45, 7) is 2.69. The number of rotatable bonds is 2. The van der Waals surface area contributed by atoms with Crippen LogP contribution in [0.15, 0.2) is 0 Å². The fourth-order valence-corrected chi connectivity index (χ4v) is 1.70. The van der Waals surface area contributed by atoms with Gasteiger partial charge in [0.05, 0.1) is 12.2 Å². The summed E-state index contributed by atoms with van der Waals surface area (Å²) in [7, 11) is 0. The molecule has 1 aliphatic carbocycles.